The lowest BCUT2D eigenvalue weighted by molar-refractivity contribution is -0.143. The van der Waals surface area contributed by atoms with E-state index in [2.05, 4.69) is 19.2 Å². The predicted molar refractivity (Wildman–Crippen MR) is 72.2 cm³/mol. The molecule has 104 valence electrons. The number of aliphatic carboxylic acids is 1. The van der Waals surface area contributed by atoms with Gasteiger partial charge in [0, 0.05) is 5.69 Å². The summed E-state index contributed by atoms with van der Waals surface area (Å²) in [6.07, 6.45) is 1.06. The number of anilines is 1. The minimum absolute atomic E-state index is 0.264. The van der Waals surface area contributed by atoms with Crippen molar-refractivity contribution in [1.29, 1.82) is 0 Å². The summed E-state index contributed by atoms with van der Waals surface area (Å²) in [5, 5.41) is 11.0. The molecule has 0 radical (unpaired) electrons. The van der Waals surface area contributed by atoms with E-state index in [0.717, 1.165) is 6.42 Å². The first-order chi connectivity index (χ1) is 9.02. The van der Waals surface area contributed by atoms with Crippen molar-refractivity contribution in [2.75, 3.05) is 18.5 Å². The quantitative estimate of drug-likeness (QED) is 0.792. The number of benzene rings is 1. The number of carboxylic acid groups (broad SMARTS) is 1. The van der Waals surface area contributed by atoms with Gasteiger partial charge in [-0.25, -0.2) is 4.79 Å². The van der Waals surface area contributed by atoms with Crippen LogP contribution in [0, 0.1) is 0 Å². The molecule has 1 aromatic rings. The first kappa shape index (κ1) is 15.2. The van der Waals surface area contributed by atoms with E-state index in [1.165, 1.54) is 5.56 Å². The third-order valence-corrected chi connectivity index (χ3v) is 2.83. The molecule has 0 heterocycles. The van der Waals surface area contributed by atoms with E-state index in [9.17, 15) is 9.59 Å². The van der Waals surface area contributed by atoms with Gasteiger partial charge < -0.3 is 15.2 Å². The first-order valence-corrected chi connectivity index (χ1v) is 6.22. The maximum Gasteiger partial charge on any atom is 0.329 e. The summed E-state index contributed by atoms with van der Waals surface area (Å²) in [5.41, 5.74) is 1.90. The van der Waals surface area contributed by atoms with Gasteiger partial charge in [-0.2, -0.15) is 0 Å². The van der Waals surface area contributed by atoms with Crippen LogP contribution in [0.25, 0.3) is 0 Å². The molecule has 5 nitrogen and oxygen atoms in total. The highest BCUT2D eigenvalue weighted by Crippen LogP contribution is 2.20. The van der Waals surface area contributed by atoms with E-state index in [1.807, 2.05) is 24.3 Å². The molecule has 1 rings (SSSR count). The molecule has 0 aliphatic heterocycles. The summed E-state index contributed by atoms with van der Waals surface area (Å²) in [5.74, 6) is -0.966. The van der Waals surface area contributed by atoms with Crippen LogP contribution in [0.15, 0.2) is 24.3 Å². The largest absolute Gasteiger partial charge is 0.480 e. The van der Waals surface area contributed by atoms with Crippen molar-refractivity contribution in [1.82, 2.24) is 0 Å². The fourth-order valence-corrected chi connectivity index (χ4v) is 1.56. The van der Waals surface area contributed by atoms with Crippen LogP contribution in [-0.2, 0) is 14.3 Å². The highest BCUT2D eigenvalue weighted by Gasteiger charge is 2.06. The predicted octanol–water partition coefficient (Wildman–Crippen LogP) is 2.24. The molecule has 0 saturated carbocycles. The molecular formula is C14H19NO4. The zero-order valence-electron chi connectivity index (χ0n) is 11.2. The van der Waals surface area contributed by atoms with Gasteiger partial charge in [0.15, 0.2) is 0 Å². The Kier molecular flexibility index (Phi) is 6.02. The topological polar surface area (TPSA) is 75.6 Å². The van der Waals surface area contributed by atoms with Crippen LogP contribution in [-0.4, -0.2) is 30.2 Å². The lowest BCUT2D eigenvalue weighted by Crippen LogP contribution is -2.20. The number of hydrogen-bond donors (Lipinski definition) is 2. The summed E-state index contributed by atoms with van der Waals surface area (Å²) < 4.78 is 4.70. The van der Waals surface area contributed by atoms with Crippen molar-refractivity contribution in [2.45, 2.75) is 26.2 Å². The molecule has 0 aliphatic rings. The van der Waals surface area contributed by atoms with E-state index in [1.54, 1.807) is 0 Å². The Hall–Kier alpha value is -1.88. The molecule has 2 N–H and O–H groups in total. The first-order valence-electron chi connectivity index (χ1n) is 6.22. The van der Waals surface area contributed by atoms with Crippen LogP contribution >= 0.6 is 0 Å². The summed E-state index contributed by atoms with van der Waals surface area (Å²) in [6, 6.07) is 7.61. The molecule has 0 saturated heterocycles. The van der Waals surface area contributed by atoms with Gasteiger partial charge in [-0.15, -0.1) is 0 Å². The van der Waals surface area contributed by atoms with Gasteiger partial charge in [0.05, 0.1) is 0 Å². The second-order valence-electron chi connectivity index (χ2n) is 4.37. The Bertz CT molecular complexity index is 428. The fourth-order valence-electron chi connectivity index (χ4n) is 1.56. The van der Waals surface area contributed by atoms with Crippen molar-refractivity contribution in [3.63, 3.8) is 0 Å². The van der Waals surface area contributed by atoms with Crippen molar-refractivity contribution >= 4 is 17.6 Å². The molecule has 1 atom stereocenters. The monoisotopic (exact) mass is 265 g/mol. The third kappa shape index (κ3) is 5.52. The number of carbonyl (C=O) groups is 2. The molecular weight excluding hydrogens is 246 g/mol. The highest BCUT2D eigenvalue weighted by atomic mass is 16.5. The van der Waals surface area contributed by atoms with Crippen LogP contribution in [0.3, 0.4) is 0 Å². The number of carboxylic acids is 1. The van der Waals surface area contributed by atoms with Crippen molar-refractivity contribution in [2.24, 2.45) is 0 Å². The van der Waals surface area contributed by atoms with Crippen LogP contribution in [0.4, 0.5) is 5.69 Å². The SMILES string of the molecule is CCC(C)c1ccc(NC(=O)COCC(=O)O)cc1. The maximum absolute atomic E-state index is 11.4. The van der Waals surface area contributed by atoms with Gasteiger partial charge in [-0.05, 0) is 30.0 Å². The van der Waals surface area contributed by atoms with E-state index < -0.39 is 12.6 Å². The van der Waals surface area contributed by atoms with E-state index >= 15 is 0 Å². The number of rotatable bonds is 7. The second-order valence-corrected chi connectivity index (χ2v) is 4.37. The van der Waals surface area contributed by atoms with Gasteiger partial charge >= 0.3 is 5.97 Å². The number of carbonyl (C=O) groups excluding carboxylic acids is 1. The fraction of sp³-hybridized carbons (Fsp3) is 0.429. The molecule has 1 unspecified atom stereocenters. The van der Waals surface area contributed by atoms with Gasteiger partial charge in [0.2, 0.25) is 5.91 Å². The molecule has 0 bridgehead atoms. The maximum atomic E-state index is 11.4. The molecule has 0 aliphatic carbocycles. The minimum atomic E-state index is -1.09. The summed E-state index contributed by atoms with van der Waals surface area (Å²) >= 11 is 0. The number of amides is 1. The van der Waals surface area contributed by atoms with Crippen molar-refractivity contribution in [3.8, 4) is 0 Å². The zero-order chi connectivity index (χ0) is 14.3. The summed E-state index contributed by atoms with van der Waals surface area (Å²) in [6.45, 7) is 3.53. The Labute approximate surface area is 112 Å². The van der Waals surface area contributed by atoms with Gasteiger partial charge in [0.25, 0.3) is 0 Å². The molecule has 1 aromatic carbocycles. The van der Waals surface area contributed by atoms with Gasteiger partial charge in [-0.1, -0.05) is 26.0 Å². The average Bonchev–Trinajstić information content (AvgIpc) is 2.38. The Morgan fingerprint density at radius 1 is 1.26 bits per heavy atom. The molecule has 0 aromatic heterocycles. The lowest BCUT2D eigenvalue weighted by atomic mass is 9.99. The number of nitrogens with one attached hydrogen (secondary N) is 1. The average molecular weight is 265 g/mol. The molecule has 5 heteroatoms. The number of ether oxygens (including phenoxy) is 1. The standard InChI is InChI=1S/C14H19NO4/c1-3-10(2)11-4-6-12(7-5-11)15-13(16)8-19-9-14(17)18/h4-7,10H,3,8-9H2,1-2H3,(H,15,16)(H,17,18). The Morgan fingerprint density at radius 3 is 2.42 bits per heavy atom. The molecule has 19 heavy (non-hydrogen) atoms. The summed E-state index contributed by atoms with van der Waals surface area (Å²) in [7, 11) is 0. The molecule has 0 fully saturated rings. The minimum Gasteiger partial charge on any atom is -0.480 e. The van der Waals surface area contributed by atoms with Crippen LogP contribution in [0.5, 0.6) is 0 Å². The molecule has 1 amide bonds. The lowest BCUT2D eigenvalue weighted by Gasteiger charge is -2.10. The van der Waals surface area contributed by atoms with E-state index in [0.29, 0.717) is 11.6 Å². The Balaban J connectivity index is 2.44. The second kappa shape index (κ2) is 7.53. The third-order valence-electron chi connectivity index (χ3n) is 2.83. The normalized spacial score (nSPS) is 11.9. The Morgan fingerprint density at radius 2 is 1.89 bits per heavy atom. The van der Waals surface area contributed by atoms with Gasteiger partial charge in [0.1, 0.15) is 13.2 Å². The van der Waals surface area contributed by atoms with E-state index in [4.69, 9.17) is 9.84 Å². The van der Waals surface area contributed by atoms with Crippen LogP contribution < -0.4 is 5.32 Å². The van der Waals surface area contributed by atoms with Crippen molar-refractivity contribution in [3.05, 3.63) is 29.8 Å². The zero-order valence-corrected chi connectivity index (χ0v) is 11.2. The number of hydrogen-bond acceptors (Lipinski definition) is 3. The van der Waals surface area contributed by atoms with Crippen LogP contribution in [0.2, 0.25) is 0 Å². The smallest absolute Gasteiger partial charge is 0.329 e. The van der Waals surface area contributed by atoms with Gasteiger partial charge in [-0.3, -0.25) is 4.79 Å². The van der Waals surface area contributed by atoms with Crippen LogP contribution in [0.1, 0.15) is 31.7 Å². The molecule has 0 spiro atoms. The van der Waals surface area contributed by atoms with E-state index in [-0.39, 0.29) is 12.5 Å². The highest BCUT2D eigenvalue weighted by molar-refractivity contribution is 5.91. The van der Waals surface area contributed by atoms with Crippen molar-refractivity contribution < 1.29 is 19.4 Å². The summed E-state index contributed by atoms with van der Waals surface area (Å²) in [4.78, 5) is 21.7.